The molecule has 6 heteroatoms. The molecule has 0 saturated carbocycles. The van der Waals surface area contributed by atoms with Gasteiger partial charge in [0.25, 0.3) is 0 Å². The van der Waals surface area contributed by atoms with Crippen molar-refractivity contribution in [3.8, 4) is 0 Å². The SMILES string of the molecule is Cc1ccccc1C1(O)CCN(C(=O)CCC(F)(F)F)C1. The Labute approximate surface area is 121 Å². The van der Waals surface area contributed by atoms with Gasteiger partial charge in [-0.1, -0.05) is 24.3 Å². The van der Waals surface area contributed by atoms with Crippen LogP contribution in [-0.2, 0) is 10.4 Å². The molecule has 21 heavy (non-hydrogen) atoms. The number of alkyl halides is 3. The lowest BCUT2D eigenvalue weighted by molar-refractivity contribution is -0.149. The largest absolute Gasteiger partial charge is 0.389 e. The molecule has 1 aliphatic heterocycles. The number of rotatable bonds is 3. The van der Waals surface area contributed by atoms with E-state index in [1.165, 1.54) is 4.90 Å². The number of nitrogens with zero attached hydrogens (tertiary/aromatic N) is 1. The molecular formula is C15H18F3NO2. The van der Waals surface area contributed by atoms with Crippen LogP contribution in [0.3, 0.4) is 0 Å². The van der Waals surface area contributed by atoms with E-state index in [1.807, 2.05) is 19.1 Å². The van der Waals surface area contributed by atoms with E-state index >= 15 is 0 Å². The summed E-state index contributed by atoms with van der Waals surface area (Å²) in [5, 5.41) is 10.7. The van der Waals surface area contributed by atoms with Gasteiger partial charge in [-0.15, -0.1) is 0 Å². The molecule has 0 aromatic heterocycles. The highest BCUT2D eigenvalue weighted by atomic mass is 19.4. The van der Waals surface area contributed by atoms with Crippen LogP contribution in [0, 0.1) is 6.92 Å². The summed E-state index contributed by atoms with van der Waals surface area (Å²) in [5.74, 6) is -0.558. The first-order valence-corrected chi connectivity index (χ1v) is 6.84. The zero-order chi connectivity index (χ0) is 15.7. The van der Waals surface area contributed by atoms with Crippen molar-refractivity contribution in [2.45, 2.75) is 38.0 Å². The van der Waals surface area contributed by atoms with Crippen LogP contribution in [0.4, 0.5) is 13.2 Å². The first-order chi connectivity index (χ1) is 9.71. The number of β-amino-alcohol motifs (C(OH)–C–C–N with tert-alkyl or cyclic N) is 1. The van der Waals surface area contributed by atoms with Gasteiger partial charge in [0.1, 0.15) is 5.60 Å². The molecule has 1 N–H and O–H groups in total. The number of carbonyl (C=O) groups is 1. The molecule has 0 aliphatic carbocycles. The van der Waals surface area contributed by atoms with Gasteiger partial charge >= 0.3 is 6.18 Å². The van der Waals surface area contributed by atoms with Crippen LogP contribution < -0.4 is 0 Å². The summed E-state index contributed by atoms with van der Waals surface area (Å²) in [5.41, 5.74) is 0.472. The van der Waals surface area contributed by atoms with Gasteiger partial charge in [0.15, 0.2) is 0 Å². The number of halogens is 3. The van der Waals surface area contributed by atoms with Crippen molar-refractivity contribution in [1.82, 2.24) is 4.90 Å². The van der Waals surface area contributed by atoms with Crippen LogP contribution in [0.15, 0.2) is 24.3 Å². The second-order valence-corrected chi connectivity index (χ2v) is 5.53. The molecule has 1 unspecified atom stereocenters. The normalized spacial score (nSPS) is 22.6. The number of carbonyl (C=O) groups excluding carboxylic acids is 1. The molecule has 1 aromatic rings. The molecule has 1 aromatic carbocycles. The zero-order valence-electron chi connectivity index (χ0n) is 11.8. The predicted octanol–water partition coefficient (Wildman–Crippen LogP) is 2.76. The summed E-state index contributed by atoms with van der Waals surface area (Å²) < 4.78 is 36.5. The minimum absolute atomic E-state index is 0.0501. The molecule has 1 amide bonds. The summed E-state index contributed by atoms with van der Waals surface area (Å²) in [6, 6.07) is 7.30. The van der Waals surface area contributed by atoms with E-state index in [1.54, 1.807) is 12.1 Å². The maximum atomic E-state index is 12.2. The van der Waals surface area contributed by atoms with E-state index in [2.05, 4.69) is 0 Å². The summed E-state index contributed by atoms with van der Waals surface area (Å²) in [7, 11) is 0. The number of likely N-dealkylation sites (tertiary alicyclic amines) is 1. The molecule has 3 nitrogen and oxygen atoms in total. The average Bonchev–Trinajstić information content (AvgIpc) is 2.79. The van der Waals surface area contributed by atoms with E-state index in [4.69, 9.17) is 0 Å². The van der Waals surface area contributed by atoms with E-state index < -0.39 is 30.5 Å². The molecule has 1 atom stereocenters. The van der Waals surface area contributed by atoms with Crippen LogP contribution in [0.2, 0.25) is 0 Å². The van der Waals surface area contributed by atoms with Crippen LogP contribution in [0.25, 0.3) is 0 Å². The van der Waals surface area contributed by atoms with E-state index in [9.17, 15) is 23.1 Å². The number of benzene rings is 1. The number of amides is 1. The Kier molecular flexibility index (Phi) is 4.27. The fourth-order valence-electron chi connectivity index (χ4n) is 2.73. The Bertz CT molecular complexity index is 530. The Morgan fingerprint density at radius 3 is 2.67 bits per heavy atom. The monoisotopic (exact) mass is 301 g/mol. The van der Waals surface area contributed by atoms with Gasteiger partial charge in [-0.2, -0.15) is 13.2 Å². The van der Waals surface area contributed by atoms with E-state index in [0.717, 1.165) is 11.1 Å². The highest BCUT2D eigenvalue weighted by molar-refractivity contribution is 5.76. The van der Waals surface area contributed by atoms with Crippen molar-refractivity contribution in [1.29, 1.82) is 0 Å². The van der Waals surface area contributed by atoms with E-state index in [-0.39, 0.29) is 13.1 Å². The van der Waals surface area contributed by atoms with Gasteiger partial charge in [0.2, 0.25) is 5.91 Å². The van der Waals surface area contributed by atoms with Gasteiger partial charge in [0, 0.05) is 13.0 Å². The molecular weight excluding hydrogens is 283 g/mol. The molecule has 1 fully saturated rings. The molecule has 0 bridgehead atoms. The number of aliphatic hydroxyl groups is 1. The number of hydrogen-bond acceptors (Lipinski definition) is 2. The lowest BCUT2D eigenvalue weighted by atomic mass is 9.89. The van der Waals surface area contributed by atoms with Crippen molar-refractivity contribution in [2.24, 2.45) is 0 Å². The third-order valence-corrected chi connectivity index (χ3v) is 3.87. The highest BCUT2D eigenvalue weighted by Gasteiger charge is 2.40. The third-order valence-electron chi connectivity index (χ3n) is 3.87. The first kappa shape index (κ1) is 15.8. The number of aryl methyl sites for hydroxylation is 1. The fraction of sp³-hybridized carbons (Fsp3) is 0.533. The van der Waals surface area contributed by atoms with Gasteiger partial charge < -0.3 is 10.0 Å². The molecule has 1 heterocycles. The minimum Gasteiger partial charge on any atom is -0.383 e. The summed E-state index contributed by atoms with van der Waals surface area (Å²) in [4.78, 5) is 13.1. The Hall–Kier alpha value is -1.56. The van der Waals surface area contributed by atoms with Crippen molar-refractivity contribution in [2.75, 3.05) is 13.1 Å². The van der Waals surface area contributed by atoms with E-state index in [0.29, 0.717) is 6.42 Å². The van der Waals surface area contributed by atoms with Gasteiger partial charge in [-0.05, 0) is 24.5 Å². The van der Waals surface area contributed by atoms with Crippen LogP contribution in [-0.4, -0.2) is 35.2 Å². The average molecular weight is 301 g/mol. The zero-order valence-corrected chi connectivity index (χ0v) is 11.8. The molecule has 116 valence electrons. The quantitative estimate of drug-likeness (QED) is 0.932. The lowest BCUT2D eigenvalue weighted by Crippen LogP contribution is -2.35. The Morgan fingerprint density at radius 1 is 1.38 bits per heavy atom. The smallest absolute Gasteiger partial charge is 0.383 e. The molecule has 2 rings (SSSR count). The van der Waals surface area contributed by atoms with Crippen LogP contribution in [0.5, 0.6) is 0 Å². The maximum absolute atomic E-state index is 12.2. The molecule has 0 radical (unpaired) electrons. The fourth-order valence-corrected chi connectivity index (χ4v) is 2.73. The second-order valence-electron chi connectivity index (χ2n) is 5.53. The van der Waals surface area contributed by atoms with Gasteiger partial charge in [-0.3, -0.25) is 4.79 Å². The highest BCUT2D eigenvalue weighted by Crippen LogP contribution is 2.34. The minimum atomic E-state index is -4.33. The topological polar surface area (TPSA) is 40.5 Å². The van der Waals surface area contributed by atoms with Crippen molar-refractivity contribution in [3.63, 3.8) is 0 Å². The Balaban J connectivity index is 2.03. The van der Waals surface area contributed by atoms with Crippen molar-refractivity contribution < 1.29 is 23.1 Å². The van der Waals surface area contributed by atoms with Crippen LogP contribution >= 0.6 is 0 Å². The van der Waals surface area contributed by atoms with Gasteiger partial charge in [-0.25, -0.2) is 0 Å². The van der Waals surface area contributed by atoms with Crippen molar-refractivity contribution in [3.05, 3.63) is 35.4 Å². The molecule has 1 aliphatic rings. The summed E-state index contributed by atoms with van der Waals surface area (Å²) in [6.45, 7) is 2.19. The maximum Gasteiger partial charge on any atom is 0.389 e. The first-order valence-electron chi connectivity index (χ1n) is 6.84. The molecule has 1 saturated heterocycles. The van der Waals surface area contributed by atoms with Crippen molar-refractivity contribution >= 4 is 5.91 Å². The summed E-state index contributed by atoms with van der Waals surface area (Å²) >= 11 is 0. The lowest BCUT2D eigenvalue weighted by Gasteiger charge is -2.25. The third kappa shape index (κ3) is 3.75. The Morgan fingerprint density at radius 2 is 2.05 bits per heavy atom. The predicted molar refractivity (Wildman–Crippen MR) is 71.6 cm³/mol. The second kappa shape index (κ2) is 5.67. The summed E-state index contributed by atoms with van der Waals surface area (Å²) in [6.07, 6.45) is -5.67. The van der Waals surface area contributed by atoms with Crippen LogP contribution in [0.1, 0.15) is 30.4 Å². The standard InChI is InChI=1S/C15H18F3NO2/c1-11-4-2-3-5-12(11)14(21)8-9-19(10-14)13(20)6-7-15(16,17)18/h2-5,21H,6-10H2,1H3. The number of hydrogen-bond donors (Lipinski definition) is 1. The molecule has 0 spiro atoms. The van der Waals surface area contributed by atoms with Gasteiger partial charge in [0.05, 0.1) is 13.0 Å².